The van der Waals surface area contributed by atoms with Gasteiger partial charge in [0.15, 0.2) is 9.84 Å². The number of hydrogen-bond donors (Lipinski definition) is 0. The molecule has 0 saturated carbocycles. The average molecular weight is 348 g/mol. The van der Waals surface area contributed by atoms with Crippen LogP contribution in [0.1, 0.15) is 10.4 Å². The van der Waals surface area contributed by atoms with Crippen LogP contribution >= 0.6 is 15.9 Å². The Morgan fingerprint density at radius 2 is 1.95 bits per heavy atom. The van der Waals surface area contributed by atoms with Gasteiger partial charge in [-0.25, -0.2) is 8.42 Å². The Morgan fingerprint density at radius 1 is 1.32 bits per heavy atom. The van der Waals surface area contributed by atoms with Crippen LogP contribution in [0.2, 0.25) is 0 Å². The summed E-state index contributed by atoms with van der Waals surface area (Å²) < 4.78 is 28.5. The number of carbonyl (C=O) groups excluding carboxylic acids is 1. The number of carbonyl (C=O) groups is 1. The highest BCUT2D eigenvalue weighted by atomic mass is 79.9. The van der Waals surface area contributed by atoms with Gasteiger partial charge in [-0.3, -0.25) is 4.79 Å². The summed E-state index contributed by atoms with van der Waals surface area (Å²) in [5, 5.41) is 0. The molecule has 1 aliphatic heterocycles. The molecule has 0 atom stereocenters. The molecule has 1 saturated heterocycles. The molecule has 1 amide bonds. The summed E-state index contributed by atoms with van der Waals surface area (Å²) in [5.74, 6) is 0.572. The predicted octanol–water partition coefficient (Wildman–Crippen LogP) is 1.33. The summed E-state index contributed by atoms with van der Waals surface area (Å²) in [4.78, 5) is 13.8. The number of benzene rings is 1. The fourth-order valence-corrected chi connectivity index (χ4v) is 3.64. The van der Waals surface area contributed by atoms with E-state index in [0.29, 0.717) is 15.8 Å². The van der Waals surface area contributed by atoms with Crippen molar-refractivity contribution < 1.29 is 17.9 Å². The summed E-state index contributed by atoms with van der Waals surface area (Å²) in [7, 11) is -1.42. The molecule has 1 aromatic carbocycles. The molecule has 0 aliphatic carbocycles. The van der Waals surface area contributed by atoms with Crippen LogP contribution in [0.3, 0.4) is 0 Å². The monoisotopic (exact) mass is 347 g/mol. The number of sulfone groups is 1. The highest BCUT2D eigenvalue weighted by molar-refractivity contribution is 9.10. The van der Waals surface area contributed by atoms with E-state index in [1.807, 2.05) is 0 Å². The molecule has 2 rings (SSSR count). The second kappa shape index (κ2) is 5.50. The van der Waals surface area contributed by atoms with Crippen LogP contribution in [0.25, 0.3) is 0 Å². The van der Waals surface area contributed by atoms with Gasteiger partial charge < -0.3 is 9.64 Å². The molecular weight excluding hydrogens is 334 g/mol. The van der Waals surface area contributed by atoms with E-state index in [-0.39, 0.29) is 30.5 Å². The van der Waals surface area contributed by atoms with Crippen molar-refractivity contribution in [3.8, 4) is 5.75 Å². The molecule has 1 heterocycles. The summed E-state index contributed by atoms with van der Waals surface area (Å²) in [6.07, 6.45) is 0. The summed E-state index contributed by atoms with van der Waals surface area (Å²) in [6.45, 7) is 0.510. The molecule has 0 bridgehead atoms. The largest absolute Gasteiger partial charge is 0.496 e. The smallest absolute Gasteiger partial charge is 0.253 e. The van der Waals surface area contributed by atoms with Crippen molar-refractivity contribution in [1.82, 2.24) is 4.90 Å². The summed E-state index contributed by atoms with van der Waals surface area (Å²) in [6, 6.07) is 5.07. The van der Waals surface area contributed by atoms with Crippen molar-refractivity contribution in [3.05, 3.63) is 28.2 Å². The molecule has 0 spiro atoms. The average Bonchev–Trinajstić information content (AvgIpc) is 2.38. The number of nitrogens with zero attached hydrogens (tertiary/aromatic N) is 1. The molecular formula is C12H14BrNO4S. The number of hydrogen-bond acceptors (Lipinski definition) is 4. The van der Waals surface area contributed by atoms with E-state index in [9.17, 15) is 13.2 Å². The van der Waals surface area contributed by atoms with Gasteiger partial charge in [-0.2, -0.15) is 0 Å². The fraction of sp³-hybridized carbons (Fsp3) is 0.417. The van der Waals surface area contributed by atoms with E-state index in [1.165, 1.54) is 0 Å². The first-order chi connectivity index (χ1) is 8.93. The molecule has 0 radical (unpaired) electrons. The molecule has 1 aromatic rings. The van der Waals surface area contributed by atoms with Gasteiger partial charge in [0.1, 0.15) is 5.75 Å². The zero-order chi connectivity index (χ0) is 14.0. The number of methoxy groups -OCH3 is 1. The van der Waals surface area contributed by atoms with Gasteiger partial charge in [-0.15, -0.1) is 0 Å². The molecule has 104 valence electrons. The normalized spacial score (nSPS) is 18.1. The quantitative estimate of drug-likeness (QED) is 0.809. The minimum atomic E-state index is -2.97. The predicted molar refractivity (Wildman–Crippen MR) is 75.3 cm³/mol. The van der Waals surface area contributed by atoms with E-state index < -0.39 is 9.84 Å². The van der Waals surface area contributed by atoms with E-state index in [1.54, 1.807) is 30.2 Å². The van der Waals surface area contributed by atoms with Crippen molar-refractivity contribution in [1.29, 1.82) is 0 Å². The van der Waals surface area contributed by atoms with Gasteiger partial charge in [-0.1, -0.05) is 0 Å². The Balaban J connectivity index is 2.14. The molecule has 5 nitrogen and oxygen atoms in total. The number of ether oxygens (including phenoxy) is 1. The lowest BCUT2D eigenvalue weighted by Crippen LogP contribution is -2.43. The maximum atomic E-state index is 12.2. The van der Waals surface area contributed by atoms with E-state index in [4.69, 9.17) is 4.74 Å². The molecule has 0 aromatic heterocycles. The first kappa shape index (κ1) is 14.3. The number of amides is 1. The second-order valence-corrected chi connectivity index (χ2v) is 7.45. The van der Waals surface area contributed by atoms with Crippen LogP contribution in [0.15, 0.2) is 22.7 Å². The summed E-state index contributed by atoms with van der Waals surface area (Å²) >= 11 is 3.33. The van der Waals surface area contributed by atoms with Crippen LogP contribution < -0.4 is 4.74 Å². The third-order valence-corrected chi connectivity index (χ3v) is 5.26. The first-order valence-electron chi connectivity index (χ1n) is 5.76. The lowest BCUT2D eigenvalue weighted by atomic mass is 10.2. The number of halogens is 1. The van der Waals surface area contributed by atoms with Crippen LogP contribution in [0, 0.1) is 0 Å². The highest BCUT2D eigenvalue weighted by Crippen LogP contribution is 2.26. The fourth-order valence-electron chi connectivity index (χ4n) is 1.90. The Kier molecular flexibility index (Phi) is 4.15. The standard InChI is InChI=1S/C12H14BrNO4S/c1-18-11-3-2-9(8-10(11)13)12(15)14-4-6-19(16,17)7-5-14/h2-3,8H,4-7H2,1H3. The van der Waals surface area contributed by atoms with Gasteiger partial charge in [0.25, 0.3) is 5.91 Å². The zero-order valence-corrected chi connectivity index (χ0v) is 12.8. The lowest BCUT2D eigenvalue weighted by Gasteiger charge is -2.26. The minimum Gasteiger partial charge on any atom is -0.496 e. The van der Waals surface area contributed by atoms with Crippen LogP contribution in [0.5, 0.6) is 5.75 Å². The number of rotatable bonds is 2. The van der Waals surface area contributed by atoms with E-state index >= 15 is 0 Å². The molecule has 19 heavy (non-hydrogen) atoms. The van der Waals surface area contributed by atoms with Gasteiger partial charge >= 0.3 is 0 Å². The SMILES string of the molecule is COc1ccc(C(=O)N2CCS(=O)(=O)CC2)cc1Br. The Hall–Kier alpha value is -1.08. The van der Waals surface area contributed by atoms with E-state index in [0.717, 1.165) is 0 Å². The lowest BCUT2D eigenvalue weighted by molar-refractivity contribution is 0.0770. The Morgan fingerprint density at radius 3 is 2.47 bits per heavy atom. The molecule has 7 heteroatoms. The third kappa shape index (κ3) is 3.27. The zero-order valence-electron chi connectivity index (χ0n) is 10.4. The first-order valence-corrected chi connectivity index (χ1v) is 8.37. The van der Waals surface area contributed by atoms with Gasteiger partial charge in [0.2, 0.25) is 0 Å². The van der Waals surface area contributed by atoms with Crippen molar-refractivity contribution in [3.63, 3.8) is 0 Å². The molecule has 0 unspecified atom stereocenters. The molecule has 1 fully saturated rings. The Labute approximate surface area is 120 Å². The maximum absolute atomic E-state index is 12.2. The summed E-state index contributed by atoms with van der Waals surface area (Å²) in [5.41, 5.74) is 0.520. The highest BCUT2D eigenvalue weighted by Gasteiger charge is 2.25. The Bertz CT molecular complexity index is 586. The third-order valence-electron chi connectivity index (χ3n) is 3.03. The van der Waals surface area contributed by atoms with E-state index in [2.05, 4.69) is 15.9 Å². The van der Waals surface area contributed by atoms with Gasteiger partial charge in [-0.05, 0) is 34.1 Å². The van der Waals surface area contributed by atoms with Crippen molar-refractivity contribution in [2.75, 3.05) is 31.7 Å². The molecule has 1 aliphatic rings. The van der Waals surface area contributed by atoms with Crippen LogP contribution in [-0.2, 0) is 9.84 Å². The second-order valence-electron chi connectivity index (χ2n) is 4.29. The van der Waals surface area contributed by atoms with Gasteiger partial charge in [0.05, 0.1) is 23.1 Å². The van der Waals surface area contributed by atoms with Crippen molar-refractivity contribution in [2.24, 2.45) is 0 Å². The van der Waals surface area contributed by atoms with Gasteiger partial charge in [0, 0.05) is 18.7 Å². The minimum absolute atomic E-state index is 0.0378. The van der Waals surface area contributed by atoms with Crippen molar-refractivity contribution >= 4 is 31.7 Å². The maximum Gasteiger partial charge on any atom is 0.253 e. The van der Waals surface area contributed by atoms with Crippen molar-refractivity contribution in [2.45, 2.75) is 0 Å². The topological polar surface area (TPSA) is 63.7 Å². The molecule has 0 N–H and O–H groups in total. The van der Waals surface area contributed by atoms with Crippen LogP contribution in [0.4, 0.5) is 0 Å². The van der Waals surface area contributed by atoms with Crippen LogP contribution in [-0.4, -0.2) is 50.9 Å².